The summed E-state index contributed by atoms with van der Waals surface area (Å²) in [5.74, 6) is 0.320. The first-order valence-corrected chi connectivity index (χ1v) is 5.11. The Bertz CT molecular complexity index is 453. The molecule has 0 saturated carbocycles. The zero-order valence-electron chi connectivity index (χ0n) is 9.16. The molecule has 1 aromatic carbocycles. The number of nitrogens with zero attached hydrogens (tertiary/aromatic N) is 4. The summed E-state index contributed by atoms with van der Waals surface area (Å²) in [5, 5.41) is 14.6. The van der Waals surface area contributed by atoms with Crippen LogP contribution >= 0.6 is 0 Å². The van der Waals surface area contributed by atoms with E-state index in [0.29, 0.717) is 11.5 Å². The second-order valence-corrected chi connectivity index (χ2v) is 3.94. The van der Waals surface area contributed by atoms with E-state index in [1.54, 1.807) is 6.07 Å². The Balaban J connectivity index is 2.40. The Labute approximate surface area is 93.3 Å². The van der Waals surface area contributed by atoms with Gasteiger partial charge in [0, 0.05) is 11.1 Å². The van der Waals surface area contributed by atoms with Gasteiger partial charge in [-0.2, -0.15) is 0 Å². The zero-order valence-corrected chi connectivity index (χ0v) is 9.16. The smallest absolute Gasteiger partial charge is 0.210 e. The lowest BCUT2D eigenvalue weighted by molar-refractivity contribution is 0.112. The first kappa shape index (κ1) is 10.6. The van der Waals surface area contributed by atoms with E-state index in [4.69, 9.17) is 0 Å². The van der Waals surface area contributed by atoms with E-state index >= 15 is 0 Å². The lowest BCUT2D eigenvalue weighted by Crippen LogP contribution is -1.98. The first-order chi connectivity index (χ1) is 7.72. The molecule has 0 atom stereocenters. The quantitative estimate of drug-likeness (QED) is 0.713. The number of carbonyl (C=O) groups is 1. The van der Waals surface area contributed by atoms with Crippen LogP contribution in [0, 0.1) is 0 Å². The standard InChI is InChI=1S/C11H12N4O/c1-7(2)10-4-3-8(5-9(10)6-16)11-12-14-15-13-11/h3-7,11H,1-2H3. The van der Waals surface area contributed by atoms with Crippen LogP contribution in [0.15, 0.2) is 38.9 Å². The van der Waals surface area contributed by atoms with Crippen LogP contribution in [0.3, 0.4) is 0 Å². The van der Waals surface area contributed by atoms with E-state index in [0.717, 1.165) is 17.4 Å². The Morgan fingerprint density at radius 3 is 2.50 bits per heavy atom. The summed E-state index contributed by atoms with van der Waals surface area (Å²) in [6.07, 6.45) is 0.474. The fourth-order valence-corrected chi connectivity index (χ4v) is 1.68. The van der Waals surface area contributed by atoms with Crippen LogP contribution in [-0.2, 0) is 0 Å². The van der Waals surface area contributed by atoms with Gasteiger partial charge in [-0.25, -0.2) is 0 Å². The molecule has 1 heterocycles. The third kappa shape index (κ3) is 1.88. The monoisotopic (exact) mass is 216 g/mol. The van der Waals surface area contributed by atoms with Crippen LogP contribution < -0.4 is 0 Å². The second-order valence-electron chi connectivity index (χ2n) is 3.94. The SMILES string of the molecule is CC(C)c1ccc(C2N=NN=N2)cc1C=O. The van der Waals surface area contributed by atoms with Crippen LogP contribution in [0.4, 0.5) is 0 Å². The average molecular weight is 216 g/mol. The number of benzene rings is 1. The molecule has 0 saturated heterocycles. The van der Waals surface area contributed by atoms with Crippen molar-refractivity contribution in [1.82, 2.24) is 0 Å². The molecule has 5 nitrogen and oxygen atoms in total. The molecule has 1 aliphatic rings. The summed E-state index contributed by atoms with van der Waals surface area (Å²) >= 11 is 0. The van der Waals surface area contributed by atoms with E-state index in [2.05, 4.69) is 34.5 Å². The molecule has 5 heteroatoms. The first-order valence-electron chi connectivity index (χ1n) is 5.11. The fraction of sp³-hybridized carbons (Fsp3) is 0.364. The van der Waals surface area contributed by atoms with Crippen molar-refractivity contribution in [2.24, 2.45) is 20.7 Å². The lowest BCUT2D eigenvalue weighted by atomic mass is 9.95. The van der Waals surface area contributed by atoms with Gasteiger partial charge in [0.05, 0.1) is 0 Å². The highest BCUT2D eigenvalue weighted by Crippen LogP contribution is 2.27. The van der Waals surface area contributed by atoms with E-state index in [1.165, 1.54) is 0 Å². The summed E-state index contributed by atoms with van der Waals surface area (Å²) in [7, 11) is 0. The minimum atomic E-state index is -0.389. The van der Waals surface area contributed by atoms with Crippen molar-refractivity contribution < 1.29 is 4.79 Å². The Morgan fingerprint density at radius 1 is 1.25 bits per heavy atom. The van der Waals surface area contributed by atoms with Gasteiger partial charge < -0.3 is 0 Å². The molecular weight excluding hydrogens is 204 g/mol. The van der Waals surface area contributed by atoms with Gasteiger partial charge in [0.15, 0.2) is 0 Å². The average Bonchev–Trinajstić information content (AvgIpc) is 2.81. The van der Waals surface area contributed by atoms with Crippen molar-refractivity contribution in [2.45, 2.75) is 25.9 Å². The van der Waals surface area contributed by atoms with Crippen molar-refractivity contribution in [2.75, 3.05) is 0 Å². The predicted molar refractivity (Wildman–Crippen MR) is 58.4 cm³/mol. The molecule has 0 aliphatic carbocycles. The molecule has 0 N–H and O–H groups in total. The number of hydrogen-bond acceptors (Lipinski definition) is 5. The molecule has 1 aliphatic heterocycles. The normalized spacial score (nSPS) is 14.9. The fourth-order valence-electron chi connectivity index (χ4n) is 1.68. The summed E-state index contributed by atoms with van der Waals surface area (Å²) in [6.45, 7) is 4.11. The largest absolute Gasteiger partial charge is 0.298 e. The van der Waals surface area contributed by atoms with Crippen LogP contribution in [0.25, 0.3) is 0 Å². The maximum atomic E-state index is 11.0. The van der Waals surface area contributed by atoms with Gasteiger partial charge in [-0.3, -0.25) is 4.79 Å². The Hall–Kier alpha value is -1.91. The molecule has 16 heavy (non-hydrogen) atoms. The molecule has 0 spiro atoms. The van der Waals surface area contributed by atoms with Gasteiger partial charge in [-0.1, -0.05) is 26.0 Å². The van der Waals surface area contributed by atoms with Crippen molar-refractivity contribution in [3.8, 4) is 0 Å². The highest BCUT2D eigenvalue weighted by Gasteiger charge is 2.15. The molecule has 0 bridgehead atoms. The maximum absolute atomic E-state index is 11.0. The second kappa shape index (κ2) is 4.30. The van der Waals surface area contributed by atoms with Crippen molar-refractivity contribution in [3.63, 3.8) is 0 Å². The van der Waals surface area contributed by atoms with Crippen molar-refractivity contribution in [1.29, 1.82) is 0 Å². The third-order valence-corrected chi connectivity index (χ3v) is 2.52. The minimum absolute atomic E-state index is 0.320. The zero-order chi connectivity index (χ0) is 11.5. The van der Waals surface area contributed by atoms with Crippen LogP contribution in [0.1, 0.15) is 47.4 Å². The Morgan fingerprint density at radius 2 is 1.94 bits per heavy atom. The Kier molecular flexibility index (Phi) is 2.85. The van der Waals surface area contributed by atoms with Gasteiger partial charge in [0.25, 0.3) is 0 Å². The van der Waals surface area contributed by atoms with E-state index < -0.39 is 0 Å². The molecule has 0 radical (unpaired) electrons. The minimum Gasteiger partial charge on any atom is -0.298 e. The van der Waals surface area contributed by atoms with Gasteiger partial charge in [-0.05, 0) is 28.0 Å². The molecule has 0 unspecified atom stereocenters. The summed E-state index contributed by atoms with van der Waals surface area (Å²) < 4.78 is 0. The van der Waals surface area contributed by atoms with Crippen molar-refractivity contribution in [3.05, 3.63) is 34.9 Å². The van der Waals surface area contributed by atoms with E-state index in [-0.39, 0.29) is 6.17 Å². The highest BCUT2D eigenvalue weighted by atomic mass is 16.1. The highest BCUT2D eigenvalue weighted by molar-refractivity contribution is 5.78. The molecule has 0 fully saturated rings. The van der Waals surface area contributed by atoms with Crippen molar-refractivity contribution >= 4 is 6.29 Å². The summed E-state index contributed by atoms with van der Waals surface area (Å²) in [5.41, 5.74) is 2.56. The molecule has 0 aromatic heterocycles. The molecule has 1 aromatic rings. The van der Waals surface area contributed by atoms with Crippen LogP contribution in [0.2, 0.25) is 0 Å². The number of rotatable bonds is 3. The van der Waals surface area contributed by atoms with Gasteiger partial charge in [0.1, 0.15) is 6.29 Å². The topological polar surface area (TPSA) is 66.5 Å². The maximum Gasteiger partial charge on any atom is 0.210 e. The van der Waals surface area contributed by atoms with Crippen LogP contribution in [-0.4, -0.2) is 6.29 Å². The van der Waals surface area contributed by atoms with Crippen LogP contribution in [0.5, 0.6) is 0 Å². The molecule has 0 amide bonds. The van der Waals surface area contributed by atoms with Gasteiger partial charge in [-0.15, -0.1) is 10.2 Å². The van der Waals surface area contributed by atoms with E-state index in [1.807, 2.05) is 12.1 Å². The summed E-state index contributed by atoms with van der Waals surface area (Å²) in [6, 6.07) is 5.65. The third-order valence-electron chi connectivity index (χ3n) is 2.52. The lowest BCUT2D eigenvalue weighted by Gasteiger charge is -2.10. The summed E-state index contributed by atoms with van der Waals surface area (Å²) in [4.78, 5) is 11.0. The van der Waals surface area contributed by atoms with Gasteiger partial charge in [0.2, 0.25) is 6.17 Å². The van der Waals surface area contributed by atoms with Gasteiger partial charge >= 0.3 is 0 Å². The number of hydrogen-bond donors (Lipinski definition) is 0. The number of aldehydes is 1. The molecule has 2 rings (SSSR count). The molecular formula is C11H12N4O. The molecule has 82 valence electrons. The predicted octanol–water partition coefficient (Wildman–Crippen LogP) is 3.45. The van der Waals surface area contributed by atoms with E-state index in [9.17, 15) is 4.79 Å². The number of carbonyl (C=O) groups excluding carboxylic acids is 1.